The summed E-state index contributed by atoms with van der Waals surface area (Å²) in [5.41, 5.74) is 2.80. The van der Waals surface area contributed by atoms with Crippen LogP contribution in [0.4, 0.5) is 24.7 Å². The van der Waals surface area contributed by atoms with Crippen LogP contribution in [0.5, 0.6) is 11.5 Å². The van der Waals surface area contributed by atoms with Crippen LogP contribution in [-0.4, -0.2) is 38.7 Å². The summed E-state index contributed by atoms with van der Waals surface area (Å²) >= 11 is 12.7. The molecule has 6 atom stereocenters. The van der Waals surface area contributed by atoms with E-state index in [1.807, 2.05) is 36.4 Å². The summed E-state index contributed by atoms with van der Waals surface area (Å²) < 4.78 is 46.8. The van der Waals surface area contributed by atoms with Gasteiger partial charge < -0.3 is 9.84 Å². The molecule has 15 heteroatoms. The number of rotatable bonds is 9. The average molecular weight is 880 g/mol. The highest BCUT2D eigenvalue weighted by Crippen LogP contribution is 2.65. The predicted molar refractivity (Wildman–Crippen MR) is 225 cm³/mol. The van der Waals surface area contributed by atoms with Crippen molar-refractivity contribution >= 4 is 64.4 Å². The quantitative estimate of drug-likeness (QED) is 0.111. The molecule has 2 N–H and O–H groups in total. The maximum absolute atomic E-state index is 15.5. The van der Waals surface area contributed by atoms with E-state index in [-0.39, 0.29) is 30.8 Å². The van der Waals surface area contributed by atoms with Crippen LogP contribution in [0, 0.1) is 23.7 Å². The maximum Gasteiger partial charge on any atom is 0.417 e. The molecule has 1 aromatic heterocycles. The van der Waals surface area contributed by atoms with Crippen molar-refractivity contribution in [2.24, 2.45) is 23.7 Å². The van der Waals surface area contributed by atoms with Crippen LogP contribution in [-0.2, 0) is 37.4 Å². The highest BCUT2D eigenvalue weighted by molar-refractivity contribution is 6.33. The largest absolute Gasteiger partial charge is 0.508 e. The Balaban J connectivity index is 1.20. The number of hydrogen-bond acceptors (Lipinski definition) is 8. The van der Waals surface area contributed by atoms with Crippen molar-refractivity contribution in [3.8, 4) is 11.5 Å². The van der Waals surface area contributed by atoms with E-state index in [1.54, 1.807) is 66.7 Å². The summed E-state index contributed by atoms with van der Waals surface area (Å²) in [4.78, 5) is 64.4. The Kier molecular flexibility index (Phi) is 10.2. The number of benzene rings is 4. The number of allylic oxidation sites excluding steroid dienone is 2. The lowest BCUT2D eigenvalue weighted by molar-refractivity contribution is -0.139. The predicted octanol–water partition coefficient (Wildman–Crippen LogP) is 9.52. The van der Waals surface area contributed by atoms with E-state index < -0.39 is 81.2 Å². The third kappa shape index (κ3) is 6.61. The van der Waals surface area contributed by atoms with Gasteiger partial charge in [0.2, 0.25) is 11.8 Å². The second-order valence-corrected chi connectivity index (χ2v) is 16.6. The lowest BCUT2D eigenvalue weighted by atomic mass is 9.49. The van der Waals surface area contributed by atoms with Crippen molar-refractivity contribution in [3.63, 3.8) is 0 Å². The molecule has 1 saturated carbocycles. The molecule has 0 radical (unpaired) electrons. The number of hydrazine groups is 1. The Morgan fingerprint density at radius 2 is 1.63 bits per heavy atom. The Bertz CT molecular complexity index is 2700. The third-order valence-corrected chi connectivity index (χ3v) is 13.0. The minimum Gasteiger partial charge on any atom is -0.508 e. The van der Waals surface area contributed by atoms with Crippen molar-refractivity contribution in [1.29, 1.82) is 0 Å². The summed E-state index contributed by atoms with van der Waals surface area (Å²) in [7, 11) is 0. The lowest BCUT2D eigenvalue weighted by Crippen LogP contribution is -2.53. The van der Waals surface area contributed by atoms with Crippen LogP contribution in [0.15, 0.2) is 128 Å². The number of aromatic hydroxyl groups is 1. The highest BCUT2D eigenvalue weighted by Gasteiger charge is 2.70. The number of imide groups is 2. The Morgan fingerprint density at radius 1 is 0.903 bits per heavy atom. The number of alkyl halides is 3. The summed E-state index contributed by atoms with van der Waals surface area (Å²) in [6.07, 6.45) is -0.743. The molecule has 2 aliphatic heterocycles. The van der Waals surface area contributed by atoms with Gasteiger partial charge in [0.25, 0.3) is 11.8 Å². The van der Waals surface area contributed by atoms with Crippen molar-refractivity contribution in [1.82, 2.24) is 9.99 Å². The topological polar surface area (TPSA) is 129 Å². The number of carbonyl (C=O) groups excluding carboxylic acids is 4. The number of nitrogens with one attached hydrogen (secondary N) is 1. The van der Waals surface area contributed by atoms with Crippen LogP contribution < -0.4 is 15.1 Å². The van der Waals surface area contributed by atoms with Gasteiger partial charge in [0, 0.05) is 28.8 Å². The van der Waals surface area contributed by atoms with Gasteiger partial charge in [-0.05, 0) is 71.8 Å². The molecule has 9 rings (SSSR count). The van der Waals surface area contributed by atoms with Gasteiger partial charge >= 0.3 is 6.18 Å². The number of fused-ring (bicyclic) bond motifs is 4. The van der Waals surface area contributed by atoms with Crippen LogP contribution in [0.2, 0.25) is 10.0 Å². The fraction of sp³-hybridized carbons (Fsp3) is 0.213. The second kappa shape index (κ2) is 15.5. The number of nitrogens with zero attached hydrogens (tertiary/aromatic N) is 3. The summed E-state index contributed by atoms with van der Waals surface area (Å²) in [6, 6.07) is 27.8. The van der Waals surface area contributed by atoms with E-state index in [0.717, 1.165) is 11.1 Å². The Labute approximate surface area is 363 Å². The zero-order valence-electron chi connectivity index (χ0n) is 32.5. The number of ether oxygens (including phenoxy) is 1. The molecule has 2 aliphatic carbocycles. The number of aromatic nitrogens is 1. The van der Waals surface area contributed by atoms with Crippen LogP contribution >= 0.6 is 23.2 Å². The molecule has 10 nitrogen and oxygen atoms in total. The molecule has 6 unspecified atom stereocenters. The number of amides is 4. The Hall–Kier alpha value is -6.44. The van der Waals surface area contributed by atoms with Gasteiger partial charge in [0.1, 0.15) is 18.1 Å². The average Bonchev–Trinajstić information content (AvgIpc) is 3.64. The molecule has 4 aliphatic rings. The molecule has 0 bridgehead atoms. The molecule has 4 aromatic carbocycles. The number of hydrogen-bond donors (Lipinski definition) is 2. The van der Waals surface area contributed by atoms with E-state index in [4.69, 9.17) is 27.9 Å². The summed E-state index contributed by atoms with van der Waals surface area (Å²) in [6.45, 7) is 3.96. The lowest BCUT2D eigenvalue weighted by Gasteiger charge is -2.50. The van der Waals surface area contributed by atoms with Crippen molar-refractivity contribution in [2.75, 3.05) is 10.3 Å². The van der Waals surface area contributed by atoms with Gasteiger partial charge in [-0.15, -0.1) is 0 Å². The van der Waals surface area contributed by atoms with E-state index >= 15 is 9.59 Å². The smallest absolute Gasteiger partial charge is 0.417 e. The SMILES string of the molecule is C=Cc1ccc(N2C(=O)C3CC=C4C(CC5C(=O)N(Nc6ncc(C(F)(F)F)cc6Cl)C(=O)C5(c5ccc(Cl)cc5)C4c4ccc(OCc5ccccc5)cc4O)C3C2=O)cc1. The molecular weight excluding hydrogens is 844 g/mol. The van der Waals surface area contributed by atoms with E-state index in [2.05, 4.69) is 17.0 Å². The molecule has 314 valence electrons. The number of anilines is 2. The van der Waals surface area contributed by atoms with Gasteiger partial charge in [-0.3, -0.25) is 29.5 Å². The molecule has 3 heterocycles. The highest BCUT2D eigenvalue weighted by atomic mass is 35.5. The van der Waals surface area contributed by atoms with Crippen LogP contribution in [0.1, 0.15) is 46.6 Å². The number of halogens is 5. The molecule has 5 aromatic rings. The molecule has 62 heavy (non-hydrogen) atoms. The monoisotopic (exact) mass is 878 g/mol. The number of phenolic OH excluding ortho intramolecular Hbond substituents is 1. The maximum atomic E-state index is 15.5. The van der Waals surface area contributed by atoms with Crippen molar-refractivity contribution in [3.05, 3.63) is 165 Å². The summed E-state index contributed by atoms with van der Waals surface area (Å²) in [5, 5.41) is 12.6. The first-order valence-corrected chi connectivity index (χ1v) is 20.4. The first-order chi connectivity index (χ1) is 29.7. The van der Waals surface area contributed by atoms with E-state index in [9.17, 15) is 27.9 Å². The standard InChI is InChI=1S/C47H35Cl2F3N4O6/c1-2-25-8-14-30(15-9-25)55-42(58)34-19-18-32-35(39(34)44(55)60)22-36-43(59)56(54-41-37(49)20-28(23-53-41)47(50,51)52)45(61)46(36,27-10-12-29(48)13-11-27)40(32)33-17-16-31(21-38(33)57)62-24-26-6-4-3-5-7-26/h2-18,20-21,23,34-36,39-40,57H,1,19,22,24H2,(H,53,54). The zero-order chi connectivity index (χ0) is 43.7. The Morgan fingerprint density at radius 3 is 2.29 bits per heavy atom. The van der Waals surface area contributed by atoms with Crippen molar-refractivity contribution in [2.45, 2.75) is 37.0 Å². The fourth-order valence-electron chi connectivity index (χ4n) is 9.74. The molecular formula is C47H35Cl2F3N4O6. The summed E-state index contributed by atoms with van der Waals surface area (Å²) in [5.74, 6) is -7.76. The number of carbonyl (C=O) groups is 4. The minimum atomic E-state index is -4.77. The third-order valence-electron chi connectivity index (χ3n) is 12.5. The molecule has 0 spiro atoms. The van der Waals surface area contributed by atoms with Crippen LogP contribution in [0.25, 0.3) is 6.08 Å². The van der Waals surface area contributed by atoms with E-state index in [1.165, 1.54) is 11.0 Å². The zero-order valence-corrected chi connectivity index (χ0v) is 34.0. The molecule has 4 amide bonds. The van der Waals surface area contributed by atoms with E-state index in [0.29, 0.717) is 44.9 Å². The molecule has 3 fully saturated rings. The first-order valence-electron chi connectivity index (χ1n) is 19.7. The fourth-order valence-corrected chi connectivity index (χ4v) is 10.1. The van der Waals surface area contributed by atoms with Gasteiger partial charge in [0.15, 0.2) is 5.82 Å². The van der Waals surface area contributed by atoms with Gasteiger partial charge in [-0.1, -0.05) is 108 Å². The molecule has 2 saturated heterocycles. The van der Waals surface area contributed by atoms with Gasteiger partial charge in [-0.2, -0.15) is 18.2 Å². The van der Waals surface area contributed by atoms with Gasteiger partial charge in [0.05, 0.1) is 39.4 Å². The van der Waals surface area contributed by atoms with Crippen molar-refractivity contribution < 1.29 is 42.2 Å². The minimum absolute atomic E-state index is 0.0929. The normalized spacial score (nSPS) is 24.3. The number of phenols is 1. The van der Waals surface area contributed by atoms with Gasteiger partial charge in [-0.25, -0.2) is 4.98 Å². The van der Waals surface area contributed by atoms with Crippen LogP contribution in [0.3, 0.4) is 0 Å². The number of pyridine rings is 1. The second-order valence-electron chi connectivity index (χ2n) is 15.7. The first kappa shape index (κ1) is 40.9.